The molecule has 0 saturated heterocycles. The molecule has 0 bridgehead atoms. The van der Waals surface area contributed by atoms with E-state index >= 15 is 0 Å². The number of nitrogens with two attached hydrogens (primary N) is 2. The van der Waals surface area contributed by atoms with E-state index in [2.05, 4.69) is 28.6 Å². The molecule has 9 N–H and O–H groups in total. The van der Waals surface area contributed by atoms with Crippen molar-refractivity contribution < 1.29 is 34.2 Å². The molecule has 12 nitrogen and oxygen atoms in total. The predicted molar refractivity (Wildman–Crippen MR) is 112 cm³/mol. The number of aromatic hydroxyl groups is 1. The van der Waals surface area contributed by atoms with Gasteiger partial charge in [-0.25, -0.2) is 0 Å². The molecule has 4 amide bonds. The van der Waals surface area contributed by atoms with E-state index in [0.29, 0.717) is 5.56 Å². The first kappa shape index (κ1) is 25.7. The van der Waals surface area contributed by atoms with Crippen molar-refractivity contribution in [3.8, 4) is 5.75 Å². The number of phenols is 1. The Kier molecular flexibility index (Phi) is 10.3. The molecule has 1 aromatic carbocycles. The average Bonchev–Trinajstić information content (AvgIpc) is 2.70. The van der Waals surface area contributed by atoms with Crippen molar-refractivity contribution in [2.24, 2.45) is 11.5 Å². The molecular weight excluding hydrogens is 430 g/mol. The van der Waals surface area contributed by atoms with Gasteiger partial charge in [0.1, 0.15) is 24.4 Å². The van der Waals surface area contributed by atoms with Crippen LogP contribution in [0.4, 0.5) is 0 Å². The predicted octanol–water partition coefficient (Wildman–Crippen LogP) is -2.76. The van der Waals surface area contributed by atoms with Crippen LogP contribution in [0.2, 0.25) is 0 Å². The summed E-state index contributed by atoms with van der Waals surface area (Å²) in [6.07, 6.45) is -0.465. The van der Waals surface area contributed by atoms with Crippen molar-refractivity contribution in [1.82, 2.24) is 16.0 Å². The van der Waals surface area contributed by atoms with Gasteiger partial charge in [0.2, 0.25) is 23.6 Å². The minimum absolute atomic E-state index is 0.00232. The molecular formula is C18H25N5O7S. The summed E-state index contributed by atoms with van der Waals surface area (Å²) in [6, 6.07) is 2.18. The van der Waals surface area contributed by atoms with Crippen LogP contribution in [-0.2, 0) is 30.4 Å². The van der Waals surface area contributed by atoms with Crippen molar-refractivity contribution in [1.29, 1.82) is 0 Å². The summed E-state index contributed by atoms with van der Waals surface area (Å²) in [6.45, 7) is -0.644. The average molecular weight is 455 g/mol. The molecule has 1 aromatic rings. The second-order valence-electron chi connectivity index (χ2n) is 6.56. The minimum atomic E-state index is -1.29. The molecule has 31 heavy (non-hydrogen) atoms. The number of hydrogen-bond donors (Lipinski definition) is 8. The van der Waals surface area contributed by atoms with Crippen LogP contribution >= 0.6 is 12.6 Å². The lowest BCUT2D eigenvalue weighted by atomic mass is 10.0. The molecule has 0 heterocycles. The van der Waals surface area contributed by atoms with Gasteiger partial charge in [0.25, 0.3) is 0 Å². The third-order valence-electron chi connectivity index (χ3n) is 4.00. The van der Waals surface area contributed by atoms with E-state index in [1.165, 1.54) is 24.3 Å². The Hall–Kier alpha value is -3.32. The lowest BCUT2D eigenvalue weighted by Crippen LogP contribution is -2.57. The highest BCUT2D eigenvalue weighted by atomic mass is 32.1. The van der Waals surface area contributed by atoms with E-state index in [-0.39, 0.29) is 17.9 Å². The quantitative estimate of drug-likeness (QED) is 0.154. The molecule has 0 radical (unpaired) electrons. The Morgan fingerprint density at radius 3 is 2.06 bits per heavy atom. The number of nitrogens with one attached hydrogen (secondary N) is 3. The summed E-state index contributed by atoms with van der Waals surface area (Å²) >= 11 is 3.98. The number of primary amides is 1. The van der Waals surface area contributed by atoms with E-state index in [1.54, 1.807) is 0 Å². The SMILES string of the molecule is NC(=O)CC(N)C(=O)NC(Cc1ccc(O)cc1)C(=O)NC(CS)C(=O)NCC(=O)O. The van der Waals surface area contributed by atoms with Gasteiger partial charge in [0.05, 0.1) is 12.5 Å². The van der Waals surface area contributed by atoms with Crippen molar-refractivity contribution in [3.05, 3.63) is 29.8 Å². The van der Waals surface area contributed by atoms with Crippen molar-refractivity contribution in [2.75, 3.05) is 12.3 Å². The van der Waals surface area contributed by atoms with E-state index < -0.39 is 60.7 Å². The number of carbonyl (C=O) groups excluding carboxylic acids is 4. The monoisotopic (exact) mass is 455 g/mol. The number of benzene rings is 1. The number of phenolic OH excluding ortho intramolecular Hbond substituents is 1. The second kappa shape index (κ2) is 12.4. The number of thiol groups is 1. The smallest absolute Gasteiger partial charge is 0.322 e. The Balaban J connectivity index is 2.96. The van der Waals surface area contributed by atoms with Crippen LogP contribution in [0.1, 0.15) is 12.0 Å². The summed E-state index contributed by atoms with van der Waals surface area (Å²) in [5, 5.41) is 25.0. The fraction of sp³-hybridized carbons (Fsp3) is 0.389. The van der Waals surface area contributed by atoms with Crippen LogP contribution in [0.3, 0.4) is 0 Å². The second-order valence-corrected chi connectivity index (χ2v) is 6.93. The summed E-state index contributed by atoms with van der Waals surface area (Å²) in [4.78, 5) is 58.7. The number of carboxylic acid groups (broad SMARTS) is 1. The molecule has 0 spiro atoms. The van der Waals surface area contributed by atoms with Gasteiger partial charge in [-0.3, -0.25) is 24.0 Å². The third kappa shape index (κ3) is 9.35. The first-order valence-corrected chi connectivity index (χ1v) is 9.69. The lowest BCUT2D eigenvalue weighted by molar-refractivity contribution is -0.138. The zero-order valence-electron chi connectivity index (χ0n) is 16.4. The number of carboxylic acids is 1. The van der Waals surface area contributed by atoms with Crippen molar-refractivity contribution in [3.63, 3.8) is 0 Å². The summed E-state index contributed by atoms with van der Waals surface area (Å²) in [5.41, 5.74) is 11.2. The lowest BCUT2D eigenvalue weighted by Gasteiger charge is -2.23. The Labute approximate surface area is 183 Å². The maximum absolute atomic E-state index is 12.8. The summed E-state index contributed by atoms with van der Waals surface area (Å²) in [5.74, 6) is -4.55. The van der Waals surface area contributed by atoms with E-state index in [0.717, 1.165) is 0 Å². The number of aliphatic carboxylic acids is 1. The van der Waals surface area contributed by atoms with E-state index in [4.69, 9.17) is 16.6 Å². The molecule has 3 unspecified atom stereocenters. The van der Waals surface area contributed by atoms with E-state index in [1.807, 2.05) is 0 Å². The van der Waals surface area contributed by atoms with Crippen molar-refractivity contribution in [2.45, 2.75) is 31.0 Å². The van der Waals surface area contributed by atoms with Crippen molar-refractivity contribution >= 4 is 42.2 Å². The van der Waals surface area contributed by atoms with E-state index in [9.17, 15) is 29.1 Å². The van der Waals surface area contributed by atoms with Gasteiger partial charge in [0, 0.05) is 12.2 Å². The highest BCUT2D eigenvalue weighted by molar-refractivity contribution is 7.80. The number of hydrogen-bond acceptors (Lipinski definition) is 8. The molecule has 0 fully saturated rings. The van der Waals surface area contributed by atoms with Gasteiger partial charge < -0.3 is 37.6 Å². The van der Waals surface area contributed by atoms with Gasteiger partial charge in [-0.05, 0) is 17.7 Å². The minimum Gasteiger partial charge on any atom is -0.508 e. The molecule has 3 atom stereocenters. The Morgan fingerprint density at radius 2 is 1.55 bits per heavy atom. The van der Waals surface area contributed by atoms with Gasteiger partial charge >= 0.3 is 5.97 Å². The van der Waals surface area contributed by atoms with Gasteiger partial charge in [-0.2, -0.15) is 12.6 Å². The third-order valence-corrected chi connectivity index (χ3v) is 4.36. The Morgan fingerprint density at radius 1 is 0.968 bits per heavy atom. The fourth-order valence-corrected chi connectivity index (χ4v) is 2.67. The molecule has 0 aliphatic carbocycles. The topological polar surface area (TPSA) is 214 Å². The largest absolute Gasteiger partial charge is 0.508 e. The van der Waals surface area contributed by atoms with Gasteiger partial charge in [-0.15, -0.1) is 0 Å². The molecule has 170 valence electrons. The normalized spacial score (nSPS) is 13.4. The van der Waals surface area contributed by atoms with Crippen LogP contribution in [-0.4, -0.2) is 70.2 Å². The number of carbonyl (C=O) groups is 5. The number of rotatable bonds is 12. The standard InChI is InChI=1S/C18H25N5O7S/c19-11(6-14(20)25)16(28)22-12(5-9-1-3-10(24)4-2-9)18(30)23-13(8-31)17(29)21-7-15(26)27/h1-4,11-13,24,31H,5-8,19H2,(H2,20,25)(H,21,29)(H,22,28)(H,23,30)(H,26,27). The zero-order chi connectivity index (χ0) is 23.6. The molecule has 0 aliphatic rings. The molecule has 0 aliphatic heterocycles. The van der Waals surface area contributed by atoms with Crippen LogP contribution in [0.15, 0.2) is 24.3 Å². The van der Waals surface area contributed by atoms with Crippen LogP contribution < -0.4 is 27.4 Å². The molecule has 0 saturated carbocycles. The molecule has 1 rings (SSSR count). The van der Waals surface area contributed by atoms with Gasteiger partial charge in [0.15, 0.2) is 0 Å². The maximum atomic E-state index is 12.8. The van der Waals surface area contributed by atoms with Gasteiger partial charge in [-0.1, -0.05) is 12.1 Å². The van der Waals surface area contributed by atoms with Crippen LogP contribution in [0.25, 0.3) is 0 Å². The number of amides is 4. The van der Waals surface area contributed by atoms with Crippen LogP contribution in [0, 0.1) is 0 Å². The maximum Gasteiger partial charge on any atom is 0.322 e. The first-order chi connectivity index (χ1) is 14.5. The first-order valence-electron chi connectivity index (χ1n) is 9.06. The summed E-state index contributed by atoms with van der Waals surface area (Å²) < 4.78 is 0. The molecule has 0 aromatic heterocycles. The highest BCUT2D eigenvalue weighted by Crippen LogP contribution is 2.12. The van der Waals surface area contributed by atoms with Crippen LogP contribution in [0.5, 0.6) is 5.75 Å². The fourth-order valence-electron chi connectivity index (χ4n) is 2.42. The molecule has 13 heteroatoms. The zero-order valence-corrected chi connectivity index (χ0v) is 17.3. The highest BCUT2D eigenvalue weighted by Gasteiger charge is 2.28. The summed E-state index contributed by atoms with van der Waals surface area (Å²) in [7, 11) is 0. The Bertz CT molecular complexity index is 818.